The molecule has 0 aromatic rings. The number of carbonyl (C=O) groups excluding carboxylic acids is 1. The van der Waals surface area contributed by atoms with Crippen molar-refractivity contribution in [3.05, 3.63) is 0 Å². The molecule has 0 radical (unpaired) electrons. The van der Waals surface area contributed by atoms with Crippen LogP contribution in [0.4, 0.5) is 0 Å². The maximum absolute atomic E-state index is 10.4. The van der Waals surface area contributed by atoms with Crippen LogP contribution in [0, 0.1) is 0 Å². The Morgan fingerprint density at radius 3 is 1.17 bits per heavy atom. The van der Waals surface area contributed by atoms with Crippen molar-refractivity contribution in [2.24, 2.45) is 5.73 Å². The molecule has 0 aliphatic heterocycles. The van der Waals surface area contributed by atoms with Gasteiger partial charge in [-0.05, 0) is 11.6 Å². The summed E-state index contributed by atoms with van der Waals surface area (Å²) in [6.45, 7) is 6.48. The Bertz CT molecular complexity index is 272. The van der Waals surface area contributed by atoms with E-state index in [0.29, 0.717) is 85.8 Å². The molecule has 0 aliphatic carbocycles. The zero-order chi connectivity index (χ0) is 17.7. The summed E-state index contributed by atoms with van der Waals surface area (Å²) >= 11 is 5.17. The van der Waals surface area contributed by atoms with Gasteiger partial charge in [-0.1, -0.05) is 0 Å². The molecule has 0 unspecified atom stereocenters. The number of rotatable bonds is 20. The van der Waals surface area contributed by atoms with Crippen LogP contribution in [0.25, 0.3) is 0 Å². The van der Waals surface area contributed by atoms with E-state index < -0.39 is 5.24 Å². The molecule has 0 amide bonds. The van der Waals surface area contributed by atoms with Crippen molar-refractivity contribution in [3.8, 4) is 0 Å². The summed E-state index contributed by atoms with van der Waals surface area (Å²) in [5, 5.41) is -0.394. The number of nitrogens with two attached hydrogens (primary N) is 1. The molecule has 144 valence electrons. The highest BCUT2D eigenvalue weighted by Gasteiger charge is 1.96. The van der Waals surface area contributed by atoms with E-state index in [0.717, 1.165) is 0 Å². The van der Waals surface area contributed by atoms with Crippen molar-refractivity contribution in [1.82, 2.24) is 0 Å². The maximum Gasteiger partial charge on any atom is 0.223 e. The molecule has 9 heteroatoms. The average Bonchev–Trinajstić information content (AvgIpc) is 2.56. The van der Waals surface area contributed by atoms with E-state index in [4.69, 9.17) is 45.8 Å². The first-order chi connectivity index (χ1) is 11.8. The first-order valence-corrected chi connectivity index (χ1v) is 8.50. The van der Waals surface area contributed by atoms with Crippen molar-refractivity contribution in [2.45, 2.75) is 6.42 Å². The Morgan fingerprint density at radius 2 is 0.875 bits per heavy atom. The van der Waals surface area contributed by atoms with Gasteiger partial charge in [0.15, 0.2) is 0 Å². The lowest BCUT2D eigenvalue weighted by Gasteiger charge is -2.08. The largest absolute Gasteiger partial charge is 0.379 e. The summed E-state index contributed by atoms with van der Waals surface area (Å²) in [5.41, 5.74) is 5.28. The van der Waals surface area contributed by atoms with Crippen LogP contribution in [0.1, 0.15) is 6.42 Å². The van der Waals surface area contributed by atoms with Crippen LogP contribution in [-0.2, 0) is 33.2 Å². The van der Waals surface area contributed by atoms with Gasteiger partial charge in [0.1, 0.15) is 0 Å². The van der Waals surface area contributed by atoms with Crippen molar-refractivity contribution >= 4 is 16.8 Å². The maximum atomic E-state index is 10.4. The van der Waals surface area contributed by atoms with Crippen molar-refractivity contribution in [1.29, 1.82) is 0 Å². The second kappa shape index (κ2) is 20.7. The minimum absolute atomic E-state index is 0.220. The van der Waals surface area contributed by atoms with E-state index >= 15 is 0 Å². The Hall–Kier alpha value is -0.320. The van der Waals surface area contributed by atoms with E-state index in [1.54, 1.807) is 0 Å². The molecule has 0 bridgehead atoms. The van der Waals surface area contributed by atoms with Gasteiger partial charge in [-0.25, -0.2) is 0 Å². The first kappa shape index (κ1) is 23.7. The quantitative estimate of drug-likeness (QED) is 0.239. The van der Waals surface area contributed by atoms with E-state index in [-0.39, 0.29) is 6.42 Å². The van der Waals surface area contributed by atoms with Crippen LogP contribution in [0.5, 0.6) is 0 Å². The smallest absolute Gasteiger partial charge is 0.223 e. The van der Waals surface area contributed by atoms with E-state index in [1.165, 1.54) is 0 Å². The minimum Gasteiger partial charge on any atom is -0.379 e. The van der Waals surface area contributed by atoms with Gasteiger partial charge in [0.25, 0.3) is 0 Å². The number of hydrogen-bond acceptors (Lipinski definition) is 8. The molecule has 0 heterocycles. The summed E-state index contributed by atoms with van der Waals surface area (Å²) in [6.07, 6.45) is 0.220. The average molecular weight is 372 g/mol. The lowest BCUT2D eigenvalue weighted by atomic mass is 10.5. The molecule has 0 aromatic carbocycles. The molecule has 0 saturated carbocycles. The third-order valence-corrected chi connectivity index (χ3v) is 2.75. The predicted molar refractivity (Wildman–Crippen MR) is 89.4 cm³/mol. The lowest BCUT2D eigenvalue weighted by Crippen LogP contribution is -2.15. The second-order valence-electron chi connectivity index (χ2n) is 4.57. The van der Waals surface area contributed by atoms with E-state index in [9.17, 15) is 4.79 Å². The van der Waals surface area contributed by atoms with Gasteiger partial charge >= 0.3 is 0 Å². The molecule has 0 atom stereocenters. The van der Waals surface area contributed by atoms with Crippen molar-refractivity contribution in [2.75, 3.05) is 85.8 Å². The van der Waals surface area contributed by atoms with Gasteiger partial charge in [0, 0.05) is 13.0 Å². The van der Waals surface area contributed by atoms with E-state index in [2.05, 4.69) is 0 Å². The summed E-state index contributed by atoms with van der Waals surface area (Å²) in [5.74, 6) is 0. The highest BCUT2D eigenvalue weighted by atomic mass is 35.5. The molecule has 0 saturated heterocycles. The molecule has 0 aromatic heterocycles. The van der Waals surface area contributed by atoms with Crippen LogP contribution in [0.15, 0.2) is 0 Å². The highest BCUT2D eigenvalue weighted by molar-refractivity contribution is 6.63. The summed E-state index contributed by atoms with van der Waals surface area (Å²) in [6, 6.07) is 0. The molecule has 2 N–H and O–H groups in total. The molecule has 8 nitrogen and oxygen atoms in total. The van der Waals surface area contributed by atoms with Crippen molar-refractivity contribution < 1.29 is 33.2 Å². The summed E-state index contributed by atoms with van der Waals surface area (Å²) in [7, 11) is 0. The van der Waals surface area contributed by atoms with E-state index in [1.807, 2.05) is 0 Å². The second-order valence-corrected chi connectivity index (χ2v) is 4.99. The molecular weight excluding hydrogens is 342 g/mol. The molecule has 0 rings (SSSR count). The third-order valence-electron chi connectivity index (χ3n) is 2.57. The molecular formula is C15H30ClNO7. The predicted octanol–water partition coefficient (Wildman–Crippen LogP) is 0.200. The van der Waals surface area contributed by atoms with Gasteiger partial charge in [0.2, 0.25) is 5.24 Å². The minimum atomic E-state index is -0.394. The van der Waals surface area contributed by atoms with Crippen LogP contribution in [-0.4, -0.2) is 91.1 Å². The van der Waals surface area contributed by atoms with Gasteiger partial charge in [-0.2, -0.15) is 0 Å². The fraction of sp³-hybridized carbons (Fsp3) is 0.933. The lowest BCUT2D eigenvalue weighted by molar-refractivity contribution is -0.112. The van der Waals surface area contributed by atoms with Gasteiger partial charge in [-0.3, -0.25) is 4.79 Å². The van der Waals surface area contributed by atoms with Gasteiger partial charge < -0.3 is 34.2 Å². The Kier molecular flexibility index (Phi) is 20.4. The Balaban J connectivity index is 2.97. The van der Waals surface area contributed by atoms with Crippen LogP contribution >= 0.6 is 11.6 Å². The van der Waals surface area contributed by atoms with Crippen molar-refractivity contribution in [3.63, 3.8) is 0 Å². The van der Waals surface area contributed by atoms with Crippen LogP contribution < -0.4 is 5.73 Å². The first-order valence-electron chi connectivity index (χ1n) is 8.12. The number of ether oxygens (including phenoxy) is 6. The monoisotopic (exact) mass is 371 g/mol. The Labute approximate surface area is 148 Å². The van der Waals surface area contributed by atoms with Gasteiger partial charge in [-0.15, -0.1) is 0 Å². The standard InChI is InChI=1S/C15H30ClNO7/c16-15(18)1-3-19-5-7-21-9-11-23-13-14-24-12-10-22-8-6-20-4-2-17/h1-14,17H2. The fourth-order valence-corrected chi connectivity index (χ4v) is 1.51. The summed E-state index contributed by atoms with van der Waals surface area (Å²) in [4.78, 5) is 10.4. The molecule has 0 aliphatic rings. The normalized spacial score (nSPS) is 11.1. The topological polar surface area (TPSA) is 98.5 Å². The number of halogens is 1. The zero-order valence-electron chi connectivity index (χ0n) is 14.2. The number of hydrogen-bond donors (Lipinski definition) is 1. The molecule has 0 fully saturated rings. The SMILES string of the molecule is NCCOCCOCCOCCOCCOCCOCCC(=O)Cl. The van der Waals surface area contributed by atoms with Gasteiger partial charge in [0.05, 0.1) is 79.3 Å². The molecule has 0 spiro atoms. The van der Waals surface area contributed by atoms with Crippen LogP contribution in [0.2, 0.25) is 0 Å². The third kappa shape index (κ3) is 21.7. The fourth-order valence-electron chi connectivity index (χ4n) is 1.44. The highest BCUT2D eigenvalue weighted by Crippen LogP contribution is 1.89. The zero-order valence-corrected chi connectivity index (χ0v) is 15.0. The molecule has 24 heavy (non-hydrogen) atoms. The Morgan fingerprint density at radius 1 is 0.583 bits per heavy atom. The van der Waals surface area contributed by atoms with Crippen LogP contribution in [0.3, 0.4) is 0 Å². The summed E-state index contributed by atoms with van der Waals surface area (Å²) < 4.78 is 31.6. The number of carbonyl (C=O) groups is 1.